The second kappa shape index (κ2) is 5.82. The van der Waals surface area contributed by atoms with Crippen LogP contribution in [0.1, 0.15) is 24.8 Å². The molecule has 1 atom stereocenters. The lowest BCUT2D eigenvalue weighted by Gasteiger charge is -2.16. The van der Waals surface area contributed by atoms with Crippen molar-refractivity contribution in [1.82, 2.24) is 10.2 Å². The van der Waals surface area contributed by atoms with E-state index in [1.807, 2.05) is 17.9 Å². The molecule has 1 N–H and O–H groups in total. The Morgan fingerprint density at radius 1 is 1.41 bits per heavy atom. The van der Waals surface area contributed by atoms with Crippen LogP contribution in [-0.4, -0.2) is 37.0 Å². The minimum absolute atomic E-state index is 0.227. The molecular formula is C14H20N2O. The highest BCUT2D eigenvalue weighted by atomic mass is 16.2. The number of amides is 1. The van der Waals surface area contributed by atoms with Crippen LogP contribution in [0.2, 0.25) is 0 Å². The molecular weight excluding hydrogens is 212 g/mol. The molecule has 1 aromatic rings. The lowest BCUT2D eigenvalue weighted by Crippen LogP contribution is -2.36. The van der Waals surface area contributed by atoms with E-state index >= 15 is 0 Å². The normalized spacial score (nSPS) is 19.6. The van der Waals surface area contributed by atoms with Gasteiger partial charge in [-0.2, -0.15) is 0 Å². The predicted octanol–water partition coefficient (Wildman–Crippen LogP) is 1.61. The molecule has 0 aliphatic carbocycles. The fourth-order valence-corrected chi connectivity index (χ4v) is 2.33. The molecule has 2 rings (SSSR count). The molecule has 0 radical (unpaired) electrons. The highest BCUT2D eigenvalue weighted by Crippen LogP contribution is 2.26. The quantitative estimate of drug-likeness (QED) is 0.855. The molecule has 0 spiro atoms. The smallest absolute Gasteiger partial charge is 0.236 e. The first-order valence-electron chi connectivity index (χ1n) is 6.34. The van der Waals surface area contributed by atoms with Gasteiger partial charge in [0.15, 0.2) is 0 Å². The highest BCUT2D eigenvalue weighted by molar-refractivity contribution is 5.78. The van der Waals surface area contributed by atoms with Crippen molar-refractivity contribution in [2.75, 3.05) is 26.2 Å². The molecule has 0 aromatic heterocycles. The third-order valence-corrected chi connectivity index (χ3v) is 3.34. The molecule has 1 heterocycles. The summed E-state index contributed by atoms with van der Waals surface area (Å²) in [7, 11) is 0. The summed E-state index contributed by atoms with van der Waals surface area (Å²) in [5.74, 6) is 0.743. The molecule has 1 saturated heterocycles. The summed E-state index contributed by atoms with van der Waals surface area (Å²) in [4.78, 5) is 13.8. The van der Waals surface area contributed by atoms with Gasteiger partial charge < -0.3 is 10.2 Å². The Morgan fingerprint density at radius 3 is 2.88 bits per heavy atom. The molecule has 1 fully saturated rings. The maximum absolute atomic E-state index is 11.8. The van der Waals surface area contributed by atoms with Crippen LogP contribution in [0, 0.1) is 0 Å². The van der Waals surface area contributed by atoms with Crippen molar-refractivity contribution in [2.45, 2.75) is 19.3 Å². The third kappa shape index (κ3) is 3.07. The summed E-state index contributed by atoms with van der Waals surface area (Å²) in [6, 6.07) is 10.5. The molecule has 1 unspecified atom stereocenters. The number of rotatable bonds is 4. The fraction of sp³-hybridized carbons (Fsp3) is 0.500. The average Bonchev–Trinajstić information content (AvgIpc) is 2.86. The van der Waals surface area contributed by atoms with Crippen LogP contribution in [0.3, 0.4) is 0 Å². The summed E-state index contributed by atoms with van der Waals surface area (Å²) < 4.78 is 0. The van der Waals surface area contributed by atoms with Crippen LogP contribution in [0.5, 0.6) is 0 Å². The Labute approximate surface area is 103 Å². The van der Waals surface area contributed by atoms with Crippen molar-refractivity contribution in [1.29, 1.82) is 0 Å². The maximum atomic E-state index is 11.8. The minimum atomic E-state index is 0.227. The summed E-state index contributed by atoms with van der Waals surface area (Å²) in [6.45, 7) is 5.10. The van der Waals surface area contributed by atoms with Crippen molar-refractivity contribution in [2.24, 2.45) is 0 Å². The van der Waals surface area contributed by atoms with E-state index in [4.69, 9.17) is 0 Å². The first kappa shape index (κ1) is 12.1. The molecule has 0 saturated carbocycles. The van der Waals surface area contributed by atoms with E-state index in [9.17, 15) is 4.79 Å². The molecule has 3 nitrogen and oxygen atoms in total. The van der Waals surface area contributed by atoms with Gasteiger partial charge in [0.05, 0.1) is 6.54 Å². The molecule has 0 bridgehead atoms. The number of hydrogen-bond donors (Lipinski definition) is 1. The van der Waals surface area contributed by atoms with Crippen molar-refractivity contribution < 1.29 is 4.79 Å². The zero-order valence-corrected chi connectivity index (χ0v) is 10.4. The van der Waals surface area contributed by atoms with Gasteiger partial charge in [-0.15, -0.1) is 0 Å². The first-order chi connectivity index (χ1) is 8.31. The standard InChI is InChI=1S/C14H20N2O/c1-2-15-10-14(17)16-9-8-13(11-16)12-6-4-3-5-7-12/h3-7,13,15H,2,8-11H2,1H3. The molecule has 92 valence electrons. The Balaban J connectivity index is 1.89. The van der Waals surface area contributed by atoms with Crippen LogP contribution in [0.15, 0.2) is 30.3 Å². The van der Waals surface area contributed by atoms with Gasteiger partial charge in [0.2, 0.25) is 5.91 Å². The van der Waals surface area contributed by atoms with Gasteiger partial charge in [0, 0.05) is 19.0 Å². The van der Waals surface area contributed by atoms with Crippen LogP contribution in [0.25, 0.3) is 0 Å². The number of hydrogen-bond acceptors (Lipinski definition) is 2. The van der Waals surface area contributed by atoms with Crippen LogP contribution >= 0.6 is 0 Å². The number of benzene rings is 1. The zero-order valence-electron chi connectivity index (χ0n) is 10.4. The van der Waals surface area contributed by atoms with E-state index < -0.39 is 0 Å². The van der Waals surface area contributed by atoms with Gasteiger partial charge in [-0.05, 0) is 18.5 Å². The number of carbonyl (C=O) groups excluding carboxylic acids is 1. The summed E-state index contributed by atoms with van der Waals surface area (Å²) >= 11 is 0. The molecule has 1 aliphatic heterocycles. The van der Waals surface area contributed by atoms with Crippen LogP contribution in [-0.2, 0) is 4.79 Å². The fourth-order valence-electron chi connectivity index (χ4n) is 2.33. The molecule has 1 aromatic carbocycles. The Morgan fingerprint density at radius 2 is 2.18 bits per heavy atom. The highest BCUT2D eigenvalue weighted by Gasteiger charge is 2.26. The lowest BCUT2D eigenvalue weighted by atomic mass is 9.99. The molecule has 17 heavy (non-hydrogen) atoms. The number of nitrogens with zero attached hydrogens (tertiary/aromatic N) is 1. The van der Waals surface area contributed by atoms with Crippen LogP contribution < -0.4 is 5.32 Å². The molecule has 3 heteroatoms. The summed E-state index contributed by atoms with van der Waals surface area (Å²) in [6.07, 6.45) is 1.09. The SMILES string of the molecule is CCNCC(=O)N1CCC(c2ccccc2)C1. The average molecular weight is 232 g/mol. The number of likely N-dealkylation sites (N-methyl/N-ethyl adjacent to an activating group) is 1. The van der Waals surface area contributed by atoms with Crippen molar-refractivity contribution in [3.63, 3.8) is 0 Å². The number of carbonyl (C=O) groups is 1. The number of nitrogens with one attached hydrogen (secondary N) is 1. The van der Waals surface area contributed by atoms with E-state index in [-0.39, 0.29) is 5.91 Å². The van der Waals surface area contributed by atoms with Crippen molar-refractivity contribution in [3.05, 3.63) is 35.9 Å². The van der Waals surface area contributed by atoms with Gasteiger partial charge in [-0.3, -0.25) is 4.79 Å². The van der Waals surface area contributed by atoms with Gasteiger partial charge in [0.25, 0.3) is 0 Å². The second-order valence-corrected chi connectivity index (χ2v) is 4.52. The maximum Gasteiger partial charge on any atom is 0.236 e. The third-order valence-electron chi connectivity index (χ3n) is 3.34. The van der Waals surface area contributed by atoms with E-state index in [1.54, 1.807) is 0 Å². The van der Waals surface area contributed by atoms with Crippen molar-refractivity contribution in [3.8, 4) is 0 Å². The van der Waals surface area contributed by atoms with Gasteiger partial charge >= 0.3 is 0 Å². The van der Waals surface area contributed by atoms with Gasteiger partial charge in [-0.1, -0.05) is 37.3 Å². The van der Waals surface area contributed by atoms with E-state index in [1.165, 1.54) is 5.56 Å². The molecule has 1 aliphatic rings. The lowest BCUT2D eigenvalue weighted by molar-refractivity contribution is -0.129. The summed E-state index contributed by atoms with van der Waals surface area (Å²) in [5.41, 5.74) is 1.35. The van der Waals surface area contributed by atoms with Gasteiger partial charge in [-0.25, -0.2) is 0 Å². The Hall–Kier alpha value is -1.35. The van der Waals surface area contributed by atoms with Crippen molar-refractivity contribution >= 4 is 5.91 Å². The first-order valence-corrected chi connectivity index (χ1v) is 6.34. The topological polar surface area (TPSA) is 32.3 Å². The Bertz CT molecular complexity index is 364. The zero-order chi connectivity index (χ0) is 12.1. The largest absolute Gasteiger partial charge is 0.341 e. The second-order valence-electron chi connectivity index (χ2n) is 4.52. The van der Waals surface area contributed by atoms with E-state index in [2.05, 4.69) is 29.6 Å². The van der Waals surface area contributed by atoms with Gasteiger partial charge in [0.1, 0.15) is 0 Å². The number of likely N-dealkylation sites (tertiary alicyclic amines) is 1. The monoisotopic (exact) mass is 232 g/mol. The molecule has 1 amide bonds. The van der Waals surface area contributed by atoms with E-state index in [0.717, 1.165) is 26.1 Å². The Kier molecular flexibility index (Phi) is 4.15. The van der Waals surface area contributed by atoms with Crippen LogP contribution in [0.4, 0.5) is 0 Å². The predicted molar refractivity (Wildman–Crippen MR) is 68.9 cm³/mol. The minimum Gasteiger partial charge on any atom is -0.341 e. The summed E-state index contributed by atoms with van der Waals surface area (Å²) in [5, 5.41) is 3.09. The van der Waals surface area contributed by atoms with E-state index in [0.29, 0.717) is 12.5 Å².